The summed E-state index contributed by atoms with van der Waals surface area (Å²) in [6.45, 7) is 1.71. The Morgan fingerprint density at radius 1 is 1.32 bits per heavy atom. The molecule has 0 aliphatic rings. The molecule has 1 amide bonds. The van der Waals surface area contributed by atoms with E-state index in [0.717, 1.165) is 5.56 Å². The van der Waals surface area contributed by atoms with Crippen molar-refractivity contribution in [3.05, 3.63) is 41.7 Å². The first-order chi connectivity index (χ1) is 10.4. The Balaban J connectivity index is 2.18. The lowest BCUT2D eigenvalue weighted by Crippen LogP contribution is -2.36. The van der Waals surface area contributed by atoms with Gasteiger partial charge in [0.05, 0.1) is 6.54 Å². The molecule has 0 radical (unpaired) electrons. The molecule has 1 aromatic heterocycles. The van der Waals surface area contributed by atoms with Crippen molar-refractivity contribution in [3.8, 4) is 0 Å². The molecule has 1 aromatic carbocycles. The van der Waals surface area contributed by atoms with Gasteiger partial charge in [-0.2, -0.15) is 0 Å². The quantitative estimate of drug-likeness (QED) is 0.787. The molecule has 0 saturated heterocycles. The summed E-state index contributed by atoms with van der Waals surface area (Å²) < 4.78 is 25.9. The fourth-order valence-electron chi connectivity index (χ4n) is 1.88. The third kappa shape index (κ3) is 3.67. The minimum atomic E-state index is -3.68. The number of hydrogen-bond donors (Lipinski definition) is 1. The standard InChI is InChI=1S/C13H17N5O3S/c1-10(13(19)14-2)22(20,21)9-12-15-16-17-18(12)8-11-6-4-3-5-7-11/h3-7,10H,8-9H2,1-2H3,(H,14,19)/t10-/m0/s1. The van der Waals surface area contributed by atoms with E-state index in [2.05, 4.69) is 20.8 Å². The maximum Gasteiger partial charge on any atom is 0.237 e. The lowest BCUT2D eigenvalue weighted by molar-refractivity contribution is -0.119. The van der Waals surface area contributed by atoms with Crippen LogP contribution in [0.25, 0.3) is 0 Å². The molecule has 0 fully saturated rings. The highest BCUT2D eigenvalue weighted by molar-refractivity contribution is 7.92. The number of tetrazole rings is 1. The lowest BCUT2D eigenvalue weighted by Gasteiger charge is -2.11. The Bertz CT molecular complexity index is 742. The van der Waals surface area contributed by atoms with Gasteiger partial charge < -0.3 is 5.32 Å². The van der Waals surface area contributed by atoms with Crippen LogP contribution in [0.15, 0.2) is 30.3 Å². The van der Waals surface area contributed by atoms with E-state index < -0.39 is 21.0 Å². The van der Waals surface area contributed by atoms with Crippen molar-refractivity contribution in [1.29, 1.82) is 0 Å². The second kappa shape index (κ2) is 6.65. The van der Waals surface area contributed by atoms with Crippen LogP contribution in [-0.4, -0.2) is 46.8 Å². The minimum absolute atomic E-state index is 0.208. The summed E-state index contributed by atoms with van der Waals surface area (Å²) in [6.07, 6.45) is 0. The van der Waals surface area contributed by atoms with E-state index in [9.17, 15) is 13.2 Å². The molecule has 1 atom stereocenters. The maximum atomic E-state index is 12.2. The number of carbonyl (C=O) groups excluding carboxylic acids is 1. The van der Waals surface area contributed by atoms with Gasteiger partial charge in [-0.1, -0.05) is 30.3 Å². The Morgan fingerprint density at radius 3 is 2.64 bits per heavy atom. The molecule has 0 unspecified atom stereocenters. The number of rotatable bonds is 6. The lowest BCUT2D eigenvalue weighted by atomic mass is 10.2. The Kier molecular flexibility index (Phi) is 4.86. The molecule has 118 valence electrons. The number of benzene rings is 1. The van der Waals surface area contributed by atoms with Crippen LogP contribution >= 0.6 is 0 Å². The fraction of sp³-hybridized carbons (Fsp3) is 0.385. The van der Waals surface area contributed by atoms with Crippen molar-refractivity contribution < 1.29 is 13.2 Å². The second-order valence-electron chi connectivity index (χ2n) is 4.80. The van der Waals surface area contributed by atoms with E-state index in [-0.39, 0.29) is 11.6 Å². The van der Waals surface area contributed by atoms with E-state index in [1.807, 2.05) is 30.3 Å². The zero-order chi connectivity index (χ0) is 16.2. The number of amides is 1. The van der Waals surface area contributed by atoms with E-state index in [1.54, 1.807) is 0 Å². The van der Waals surface area contributed by atoms with Gasteiger partial charge in [-0.15, -0.1) is 5.10 Å². The van der Waals surface area contributed by atoms with Gasteiger partial charge >= 0.3 is 0 Å². The minimum Gasteiger partial charge on any atom is -0.358 e. The van der Waals surface area contributed by atoms with Crippen molar-refractivity contribution in [2.24, 2.45) is 0 Å². The molecule has 2 rings (SSSR count). The van der Waals surface area contributed by atoms with Gasteiger partial charge in [0, 0.05) is 7.05 Å². The van der Waals surface area contributed by atoms with Crippen LogP contribution in [0, 0.1) is 0 Å². The predicted molar refractivity (Wildman–Crippen MR) is 79.5 cm³/mol. The summed E-state index contributed by atoms with van der Waals surface area (Å²) in [6, 6.07) is 9.44. The number of sulfone groups is 1. The first-order valence-electron chi connectivity index (χ1n) is 6.66. The van der Waals surface area contributed by atoms with Crippen LogP contribution in [0.5, 0.6) is 0 Å². The zero-order valence-electron chi connectivity index (χ0n) is 12.3. The fourth-order valence-corrected chi connectivity index (χ4v) is 3.14. The van der Waals surface area contributed by atoms with Gasteiger partial charge in [0.2, 0.25) is 5.91 Å². The molecule has 1 N–H and O–H groups in total. The van der Waals surface area contributed by atoms with Gasteiger partial charge in [-0.05, 0) is 22.9 Å². The summed E-state index contributed by atoms with van der Waals surface area (Å²) in [5, 5.41) is 12.3. The molecule has 8 nitrogen and oxygen atoms in total. The number of aromatic nitrogens is 4. The number of nitrogens with zero attached hydrogens (tertiary/aromatic N) is 4. The Hall–Kier alpha value is -2.29. The van der Waals surface area contributed by atoms with Crippen LogP contribution in [0.1, 0.15) is 18.3 Å². The summed E-state index contributed by atoms with van der Waals surface area (Å²) in [4.78, 5) is 11.5. The smallest absolute Gasteiger partial charge is 0.237 e. The van der Waals surface area contributed by atoms with Gasteiger partial charge in [0.25, 0.3) is 0 Å². The molecule has 1 heterocycles. The van der Waals surface area contributed by atoms with Crippen molar-refractivity contribution >= 4 is 15.7 Å². The van der Waals surface area contributed by atoms with Gasteiger partial charge in [-0.25, -0.2) is 13.1 Å². The van der Waals surface area contributed by atoms with E-state index in [1.165, 1.54) is 18.7 Å². The van der Waals surface area contributed by atoms with Crippen LogP contribution in [-0.2, 0) is 26.9 Å². The topological polar surface area (TPSA) is 107 Å². The zero-order valence-corrected chi connectivity index (χ0v) is 13.1. The normalized spacial score (nSPS) is 12.8. The molecular formula is C13H17N5O3S. The summed E-state index contributed by atoms with van der Waals surface area (Å²) in [7, 11) is -2.29. The first-order valence-corrected chi connectivity index (χ1v) is 8.37. The average Bonchev–Trinajstić information content (AvgIpc) is 2.93. The summed E-state index contributed by atoms with van der Waals surface area (Å²) in [5.41, 5.74) is 0.952. The van der Waals surface area contributed by atoms with Crippen molar-refractivity contribution in [3.63, 3.8) is 0 Å². The van der Waals surface area contributed by atoms with E-state index in [0.29, 0.717) is 6.54 Å². The van der Waals surface area contributed by atoms with E-state index in [4.69, 9.17) is 0 Å². The molecule has 0 aliphatic heterocycles. The molecule has 0 aliphatic carbocycles. The molecule has 2 aromatic rings. The summed E-state index contributed by atoms with van der Waals surface area (Å²) >= 11 is 0. The van der Waals surface area contributed by atoms with Crippen LogP contribution in [0.4, 0.5) is 0 Å². The monoisotopic (exact) mass is 323 g/mol. The largest absolute Gasteiger partial charge is 0.358 e. The third-order valence-corrected chi connectivity index (χ3v) is 5.22. The number of hydrogen-bond acceptors (Lipinski definition) is 6. The Morgan fingerprint density at radius 2 is 2.00 bits per heavy atom. The highest BCUT2D eigenvalue weighted by Gasteiger charge is 2.29. The highest BCUT2D eigenvalue weighted by Crippen LogP contribution is 2.10. The third-order valence-electron chi connectivity index (χ3n) is 3.27. The van der Waals surface area contributed by atoms with E-state index >= 15 is 0 Å². The van der Waals surface area contributed by atoms with Crippen molar-refractivity contribution in [2.75, 3.05) is 7.05 Å². The van der Waals surface area contributed by atoms with Crippen molar-refractivity contribution in [2.45, 2.75) is 24.5 Å². The molecular weight excluding hydrogens is 306 g/mol. The maximum absolute atomic E-state index is 12.2. The molecule has 0 bridgehead atoms. The first kappa shape index (κ1) is 16.1. The van der Waals surface area contributed by atoms with Crippen LogP contribution in [0.3, 0.4) is 0 Å². The number of carbonyl (C=O) groups is 1. The number of nitrogens with one attached hydrogen (secondary N) is 1. The van der Waals surface area contributed by atoms with Gasteiger partial charge in [0.15, 0.2) is 15.7 Å². The predicted octanol–water partition coefficient (Wildman–Crippen LogP) is -0.229. The molecule has 0 saturated carbocycles. The van der Waals surface area contributed by atoms with Crippen LogP contribution < -0.4 is 5.32 Å². The Labute approximate surface area is 128 Å². The molecule has 9 heteroatoms. The van der Waals surface area contributed by atoms with Gasteiger partial charge in [0.1, 0.15) is 11.0 Å². The second-order valence-corrected chi connectivity index (χ2v) is 7.12. The molecule has 0 spiro atoms. The SMILES string of the molecule is CNC(=O)[C@H](C)S(=O)(=O)Cc1nnnn1Cc1ccccc1. The van der Waals surface area contributed by atoms with Crippen LogP contribution in [0.2, 0.25) is 0 Å². The van der Waals surface area contributed by atoms with Crippen molar-refractivity contribution in [1.82, 2.24) is 25.5 Å². The van der Waals surface area contributed by atoms with Gasteiger partial charge in [-0.3, -0.25) is 4.79 Å². The molecule has 22 heavy (non-hydrogen) atoms. The summed E-state index contributed by atoms with van der Waals surface area (Å²) in [5.74, 6) is -0.733. The average molecular weight is 323 g/mol. The highest BCUT2D eigenvalue weighted by atomic mass is 32.2.